The molecule has 6 heteroatoms. The van der Waals surface area contributed by atoms with E-state index in [2.05, 4.69) is 23.9 Å². The number of rotatable bonds is 5. The number of nitrogens with zero attached hydrogens (tertiary/aromatic N) is 3. The number of hydrogen-bond acceptors (Lipinski definition) is 4. The number of likely N-dealkylation sites (tertiary alicyclic amines) is 1. The molecule has 0 radical (unpaired) electrons. The lowest BCUT2D eigenvalue weighted by atomic mass is 10.0. The molecular formula is C15H22ClN3O2. The minimum Gasteiger partial charge on any atom is -0.306 e. The standard InChI is InChI=1S/C15H22ClN3O2/c1-17-8-6-13(7-9-17)18(2)11-15(16)12-4-3-5-14(10-12)19(20)21/h3-5,10,13,15H,6-9,11H2,1-2H3. The predicted molar refractivity (Wildman–Crippen MR) is 84.8 cm³/mol. The molecule has 2 rings (SSSR count). The smallest absolute Gasteiger partial charge is 0.269 e. The monoisotopic (exact) mass is 311 g/mol. The van der Waals surface area contributed by atoms with Crippen LogP contribution in [0.1, 0.15) is 23.8 Å². The van der Waals surface area contributed by atoms with Crippen LogP contribution in [0.5, 0.6) is 0 Å². The largest absolute Gasteiger partial charge is 0.306 e. The number of hydrogen-bond donors (Lipinski definition) is 0. The van der Waals surface area contributed by atoms with Crippen LogP contribution < -0.4 is 0 Å². The van der Waals surface area contributed by atoms with Crippen LogP contribution in [-0.2, 0) is 0 Å². The van der Waals surface area contributed by atoms with Crippen molar-refractivity contribution in [2.24, 2.45) is 0 Å². The van der Waals surface area contributed by atoms with Crippen LogP contribution in [0, 0.1) is 10.1 Å². The summed E-state index contributed by atoms with van der Waals surface area (Å²) in [7, 11) is 4.23. The first-order valence-corrected chi connectivity index (χ1v) is 7.68. The summed E-state index contributed by atoms with van der Waals surface area (Å²) < 4.78 is 0. The number of non-ortho nitro benzene ring substituents is 1. The molecule has 0 aliphatic carbocycles. The van der Waals surface area contributed by atoms with Crippen molar-refractivity contribution in [1.29, 1.82) is 0 Å². The Kier molecular flexibility index (Phi) is 5.56. The van der Waals surface area contributed by atoms with E-state index in [0.29, 0.717) is 12.6 Å². The van der Waals surface area contributed by atoms with Gasteiger partial charge in [-0.15, -0.1) is 11.6 Å². The molecule has 1 aromatic rings. The number of nitro benzene ring substituents is 1. The molecule has 0 N–H and O–H groups in total. The van der Waals surface area contributed by atoms with Crippen LogP contribution in [0.4, 0.5) is 5.69 Å². The maximum Gasteiger partial charge on any atom is 0.269 e. The third kappa shape index (κ3) is 4.40. The summed E-state index contributed by atoms with van der Waals surface area (Å²) in [6.45, 7) is 2.93. The van der Waals surface area contributed by atoms with Gasteiger partial charge < -0.3 is 9.80 Å². The van der Waals surface area contributed by atoms with Gasteiger partial charge in [-0.2, -0.15) is 0 Å². The van der Waals surface area contributed by atoms with Gasteiger partial charge in [-0.3, -0.25) is 10.1 Å². The molecule has 1 unspecified atom stereocenters. The summed E-state index contributed by atoms with van der Waals surface area (Å²) in [5.41, 5.74) is 0.908. The SMILES string of the molecule is CN1CCC(N(C)CC(Cl)c2cccc([N+](=O)[O-])c2)CC1. The van der Waals surface area contributed by atoms with E-state index in [1.807, 2.05) is 6.07 Å². The second-order valence-electron chi connectivity index (χ2n) is 5.79. The van der Waals surface area contributed by atoms with Gasteiger partial charge in [0.1, 0.15) is 0 Å². The van der Waals surface area contributed by atoms with Crippen LogP contribution >= 0.6 is 11.6 Å². The zero-order valence-electron chi connectivity index (χ0n) is 12.5. The summed E-state index contributed by atoms with van der Waals surface area (Å²) in [6, 6.07) is 7.15. The lowest BCUT2D eigenvalue weighted by Crippen LogP contribution is -2.42. The van der Waals surface area contributed by atoms with Crippen molar-refractivity contribution in [2.75, 3.05) is 33.7 Å². The van der Waals surface area contributed by atoms with Gasteiger partial charge in [-0.1, -0.05) is 12.1 Å². The Bertz CT molecular complexity index is 490. The van der Waals surface area contributed by atoms with E-state index in [0.717, 1.165) is 31.5 Å². The van der Waals surface area contributed by atoms with Gasteiger partial charge in [0.15, 0.2) is 0 Å². The van der Waals surface area contributed by atoms with Gasteiger partial charge >= 0.3 is 0 Å². The van der Waals surface area contributed by atoms with Crippen molar-refractivity contribution in [3.05, 3.63) is 39.9 Å². The number of nitro groups is 1. The van der Waals surface area contributed by atoms with Crippen LogP contribution in [0.15, 0.2) is 24.3 Å². The third-order valence-corrected chi connectivity index (χ3v) is 4.59. The Morgan fingerprint density at radius 2 is 2.14 bits per heavy atom. The zero-order chi connectivity index (χ0) is 15.4. The van der Waals surface area contributed by atoms with Gasteiger partial charge in [0.05, 0.1) is 10.3 Å². The molecule has 1 heterocycles. The average molecular weight is 312 g/mol. The van der Waals surface area contributed by atoms with Crippen molar-refractivity contribution in [3.8, 4) is 0 Å². The maximum atomic E-state index is 10.8. The highest BCUT2D eigenvalue weighted by atomic mass is 35.5. The Morgan fingerprint density at radius 1 is 1.48 bits per heavy atom. The molecule has 21 heavy (non-hydrogen) atoms. The van der Waals surface area contributed by atoms with E-state index in [-0.39, 0.29) is 16.0 Å². The number of piperidine rings is 1. The molecule has 1 atom stereocenters. The number of benzene rings is 1. The normalized spacial score (nSPS) is 18.9. The fourth-order valence-corrected chi connectivity index (χ4v) is 3.13. The highest BCUT2D eigenvalue weighted by Gasteiger charge is 2.23. The van der Waals surface area contributed by atoms with E-state index in [1.54, 1.807) is 12.1 Å². The van der Waals surface area contributed by atoms with Crippen molar-refractivity contribution in [3.63, 3.8) is 0 Å². The van der Waals surface area contributed by atoms with Gasteiger partial charge in [-0.25, -0.2) is 0 Å². The Labute approximate surface area is 130 Å². The molecular weight excluding hydrogens is 290 g/mol. The summed E-state index contributed by atoms with van der Waals surface area (Å²) in [6.07, 6.45) is 2.29. The molecule has 0 saturated carbocycles. The minimum absolute atomic E-state index is 0.0973. The molecule has 1 aliphatic heterocycles. The molecule has 0 spiro atoms. The second kappa shape index (κ2) is 7.20. The highest BCUT2D eigenvalue weighted by molar-refractivity contribution is 6.21. The van der Waals surface area contributed by atoms with E-state index >= 15 is 0 Å². The Balaban J connectivity index is 1.95. The van der Waals surface area contributed by atoms with Crippen LogP contribution in [-0.4, -0.2) is 54.5 Å². The van der Waals surface area contributed by atoms with Crippen LogP contribution in [0.2, 0.25) is 0 Å². The lowest BCUT2D eigenvalue weighted by molar-refractivity contribution is -0.384. The van der Waals surface area contributed by atoms with Crippen molar-refractivity contribution < 1.29 is 4.92 Å². The summed E-state index contributed by atoms with van der Waals surface area (Å²) >= 11 is 6.45. The molecule has 0 bridgehead atoms. The Hall–Kier alpha value is -1.17. The predicted octanol–water partition coefficient (Wildman–Crippen LogP) is 2.90. The fraction of sp³-hybridized carbons (Fsp3) is 0.600. The molecule has 0 amide bonds. The molecule has 1 saturated heterocycles. The van der Waals surface area contributed by atoms with Crippen LogP contribution in [0.25, 0.3) is 0 Å². The first kappa shape index (κ1) is 16.2. The lowest BCUT2D eigenvalue weighted by Gasteiger charge is -2.35. The van der Waals surface area contributed by atoms with Gasteiger partial charge in [0.25, 0.3) is 5.69 Å². The fourth-order valence-electron chi connectivity index (χ4n) is 2.78. The Morgan fingerprint density at radius 3 is 2.76 bits per heavy atom. The quantitative estimate of drug-likeness (QED) is 0.476. The molecule has 116 valence electrons. The highest BCUT2D eigenvalue weighted by Crippen LogP contribution is 2.26. The van der Waals surface area contributed by atoms with Crippen molar-refractivity contribution in [1.82, 2.24) is 9.80 Å². The van der Waals surface area contributed by atoms with E-state index < -0.39 is 0 Å². The molecule has 0 aromatic heterocycles. The summed E-state index contributed by atoms with van der Waals surface area (Å²) in [4.78, 5) is 15.1. The summed E-state index contributed by atoms with van der Waals surface area (Å²) in [5, 5.41) is 10.6. The topological polar surface area (TPSA) is 49.6 Å². The molecule has 1 fully saturated rings. The average Bonchev–Trinajstić information content (AvgIpc) is 2.48. The van der Waals surface area contributed by atoms with Crippen molar-refractivity contribution >= 4 is 17.3 Å². The number of alkyl halides is 1. The van der Waals surface area contributed by atoms with Gasteiger partial charge in [0, 0.05) is 24.7 Å². The first-order chi connectivity index (χ1) is 9.97. The van der Waals surface area contributed by atoms with Gasteiger partial charge in [0.2, 0.25) is 0 Å². The van der Waals surface area contributed by atoms with Crippen molar-refractivity contribution in [2.45, 2.75) is 24.3 Å². The van der Waals surface area contributed by atoms with Gasteiger partial charge in [-0.05, 0) is 45.6 Å². The van der Waals surface area contributed by atoms with Crippen LogP contribution in [0.3, 0.4) is 0 Å². The number of likely N-dealkylation sites (N-methyl/N-ethyl adjacent to an activating group) is 1. The number of halogens is 1. The minimum atomic E-state index is -0.381. The first-order valence-electron chi connectivity index (χ1n) is 7.24. The maximum absolute atomic E-state index is 10.8. The second-order valence-corrected chi connectivity index (χ2v) is 6.32. The van der Waals surface area contributed by atoms with E-state index in [9.17, 15) is 10.1 Å². The summed E-state index contributed by atoms with van der Waals surface area (Å²) in [5.74, 6) is 0. The molecule has 5 nitrogen and oxygen atoms in total. The zero-order valence-corrected chi connectivity index (χ0v) is 13.3. The molecule has 1 aromatic carbocycles. The van der Waals surface area contributed by atoms with E-state index in [1.165, 1.54) is 6.07 Å². The van der Waals surface area contributed by atoms with E-state index in [4.69, 9.17) is 11.6 Å². The third-order valence-electron chi connectivity index (χ3n) is 4.20. The molecule has 1 aliphatic rings.